The molecule has 0 fully saturated rings. The Kier molecular flexibility index (Phi) is 4.05. The maximum atomic E-state index is 12.1. The number of pyridine rings is 1. The molecule has 2 aromatic rings. The molecule has 2 rings (SSSR count). The molecule has 0 aromatic carbocycles. The average Bonchev–Trinajstić information content (AvgIpc) is 2.73. The third-order valence-corrected chi connectivity index (χ3v) is 3.89. The van der Waals surface area contributed by atoms with Gasteiger partial charge < -0.3 is 4.57 Å². The summed E-state index contributed by atoms with van der Waals surface area (Å²) in [5.74, 6) is -0.143. The van der Waals surface area contributed by atoms with Crippen LogP contribution in [0.1, 0.15) is 35.5 Å². The highest BCUT2D eigenvalue weighted by atomic mass is 35.5. The van der Waals surface area contributed by atoms with Crippen LogP contribution in [0.2, 0.25) is 5.02 Å². The lowest BCUT2D eigenvalue weighted by molar-refractivity contribution is 0.100. The maximum Gasteiger partial charge on any atom is 0.253 e. The van der Waals surface area contributed by atoms with Crippen molar-refractivity contribution < 1.29 is 4.79 Å². The zero-order valence-corrected chi connectivity index (χ0v) is 13.6. The molecule has 0 saturated carbocycles. The van der Waals surface area contributed by atoms with Crippen LogP contribution in [0.25, 0.3) is 11.4 Å². The molecule has 0 N–H and O–H groups in total. The second kappa shape index (κ2) is 5.48. The summed E-state index contributed by atoms with van der Waals surface area (Å²) in [5.41, 5.74) is 2.96. The minimum absolute atomic E-state index is 0.0953. The molecule has 5 nitrogen and oxygen atoms in total. The predicted molar refractivity (Wildman–Crippen MR) is 83.1 cm³/mol. The van der Waals surface area contributed by atoms with Gasteiger partial charge in [0.05, 0.1) is 10.7 Å². The van der Waals surface area contributed by atoms with Crippen LogP contribution >= 0.6 is 11.6 Å². The van der Waals surface area contributed by atoms with E-state index in [9.17, 15) is 9.59 Å². The van der Waals surface area contributed by atoms with E-state index in [4.69, 9.17) is 11.6 Å². The van der Waals surface area contributed by atoms with Crippen LogP contribution in [0.5, 0.6) is 0 Å². The second-order valence-corrected chi connectivity index (χ2v) is 5.48. The van der Waals surface area contributed by atoms with Crippen LogP contribution < -0.4 is 5.56 Å². The van der Waals surface area contributed by atoms with Crippen molar-refractivity contribution >= 4 is 17.4 Å². The van der Waals surface area contributed by atoms with Gasteiger partial charge in [-0.25, -0.2) is 0 Å². The van der Waals surface area contributed by atoms with Gasteiger partial charge in [0.1, 0.15) is 11.4 Å². The molecule has 0 aliphatic carbocycles. The lowest BCUT2D eigenvalue weighted by atomic mass is 10.1. The summed E-state index contributed by atoms with van der Waals surface area (Å²) in [5, 5.41) is 4.71. The van der Waals surface area contributed by atoms with Crippen molar-refractivity contribution in [1.82, 2.24) is 14.3 Å². The number of hydrogen-bond donors (Lipinski definition) is 0. The molecule has 0 aliphatic heterocycles. The number of Topliss-reactive ketones (excluding diaryl/α,β-unsaturated/α-hetero) is 1. The zero-order chi connectivity index (χ0) is 15.9. The predicted octanol–water partition coefficient (Wildman–Crippen LogP) is 2.74. The Morgan fingerprint density at radius 1 is 1.33 bits per heavy atom. The normalized spacial score (nSPS) is 11.0. The Bertz CT molecular complexity index is 787. The van der Waals surface area contributed by atoms with E-state index in [-0.39, 0.29) is 11.3 Å². The molecule has 0 unspecified atom stereocenters. The van der Waals surface area contributed by atoms with Gasteiger partial charge in [-0.15, -0.1) is 0 Å². The number of halogens is 1. The van der Waals surface area contributed by atoms with Crippen molar-refractivity contribution in [2.45, 2.75) is 34.2 Å². The van der Waals surface area contributed by atoms with Crippen molar-refractivity contribution in [3.05, 3.63) is 38.3 Å². The van der Waals surface area contributed by atoms with E-state index in [1.54, 1.807) is 18.7 Å². The molecule has 0 saturated heterocycles. The van der Waals surface area contributed by atoms with E-state index in [0.717, 1.165) is 5.56 Å². The summed E-state index contributed by atoms with van der Waals surface area (Å²) in [4.78, 5) is 23.9. The van der Waals surface area contributed by atoms with E-state index in [0.29, 0.717) is 34.2 Å². The molecule has 112 valence electrons. The molecule has 21 heavy (non-hydrogen) atoms. The van der Waals surface area contributed by atoms with Gasteiger partial charge in [0.25, 0.3) is 5.56 Å². The fourth-order valence-electron chi connectivity index (χ4n) is 2.59. The first-order valence-electron chi connectivity index (χ1n) is 6.74. The summed E-state index contributed by atoms with van der Waals surface area (Å²) in [7, 11) is 1.69. The van der Waals surface area contributed by atoms with Gasteiger partial charge >= 0.3 is 0 Å². The summed E-state index contributed by atoms with van der Waals surface area (Å²) >= 11 is 6.35. The molecule has 0 radical (unpaired) electrons. The smallest absolute Gasteiger partial charge is 0.253 e. The topological polar surface area (TPSA) is 56.9 Å². The first kappa shape index (κ1) is 15.5. The van der Waals surface area contributed by atoms with E-state index in [1.165, 1.54) is 11.5 Å². The van der Waals surface area contributed by atoms with Gasteiger partial charge in [0, 0.05) is 26.1 Å². The quantitative estimate of drug-likeness (QED) is 0.819. The highest BCUT2D eigenvalue weighted by Gasteiger charge is 2.23. The first-order valence-corrected chi connectivity index (χ1v) is 7.12. The first-order chi connectivity index (χ1) is 9.79. The van der Waals surface area contributed by atoms with Gasteiger partial charge in [-0.3, -0.25) is 14.3 Å². The number of hydrogen-bond acceptors (Lipinski definition) is 3. The minimum Gasteiger partial charge on any atom is -0.309 e. The molecule has 0 amide bonds. The van der Waals surface area contributed by atoms with Gasteiger partial charge in [-0.05, 0) is 32.4 Å². The Hall–Kier alpha value is -1.88. The van der Waals surface area contributed by atoms with Crippen molar-refractivity contribution in [1.29, 1.82) is 0 Å². The molecule has 0 aliphatic rings. The zero-order valence-electron chi connectivity index (χ0n) is 12.8. The summed E-state index contributed by atoms with van der Waals surface area (Å²) in [6, 6.07) is 1.81. The molecule has 0 spiro atoms. The van der Waals surface area contributed by atoms with Crippen LogP contribution in [0.4, 0.5) is 0 Å². The summed E-state index contributed by atoms with van der Waals surface area (Å²) < 4.78 is 3.10. The maximum absolute atomic E-state index is 12.1. The Balaban J connectivity index is 2.84. The molecule has 2 heterocycles. The van der Waals surface area contributed by atoms with E-state index < -0.39 is 0 Å². The minimum atomic E-state index is -0.143. The molecule has 2 aromatic heterocycles. The highest BCUT2D eigenvalue weighted by molar-refractivity contribution is 6.36. The second-order valence-electron chi connectivity index (χ2n) is 5.11. The number of carbonyl (C=O) groups excluding carboxylic acids is 1. The largest absolute Gasteiger partial charge is 0.309 e. The molecule has 0 bridgehead atoms. The lowest BCUT2D eigenvalue weighted by Crippen LogP contribution is -2.21. The van der Waals surface area contributed by atoms with Crippen LogP contribution in [0, 0.1) is 13.8 Å². The highest BCUT2D eigenvalue weighted by Crippen LogP contribution is 2.31. The van der Waals surface area contributed by atoms with Crippen LogP contribution in [-0.4, -0.2) is 20.1 Å². The number of nitrogens with zero attached hydrogens (tertiary/aromatic N) is 3. The SMILES string of the molecule is CCn1nc(-c2c(C)cc(C)c(=O)n2C)c(Cl)c1C(C)=O. The number of carbonyl (C=O) groups is 1. The number of ketones is 1. The molecular formula is C15H18ClN3O2. The Labute approximate surface area is 128 Å². The average molecular weight is 308 g/mol. The van der Waals surface area contributed by atoms with Crippen LogP contribution in [-0.2, 0) is 13.6 Å². The molecular weight excluding hydrogens is 290 g/mol. The number of aromatic nitrogens is 3. The monoisotopic (exact) mass is 307 g/mol. The van der Waals surface area contributed by atoms with Crippen molar-refractivity contribution in [2.75, 3.05) is 0 Å². The van der Waals surface area contributed by atoms with E-state index >= 15 is 0 Å². The third kappa shape index (κ3) is 2.42. The number of rotatable bonds is 3. The van der Waals surface area contributed by atoms with Crippen molar-refractivity contribution in [3.63, 3.8) is 0 Å². The fourth-order valence-corrected chi connectivity index (χ4v) is 2.95. The van der Waals surface area contributed by atoms with Gasteiger partial charge in [0.2, 0.25) is 0 Å². The van der Waals surface area contributed by atoms with Crippen LogP contribution in [0.3, 0.4) is 0 Å². The van der Waals surface area contributed by atoms with E-state index in [1.807, 2.05) is 19.9 Å². The van der Waals surface area contributed by atoms with Gasteiger partial charge in [-0.2, -0.15) is 5.10 Å². The Morgan fingerprint density at radius 3 is 2.43 bits per heavy atom. The van der Waals surface area contributed by atoms with Crippen molar-refractivity contribution in [2.24, 2.45) is 7.05 Å². The third-order valence-electron chi connectivity index (χ3n) is 3.54. The standard InChI is InChI=1S/C15H18ClN3O2/c1-6-19-14(10(4)20)11(16)12(17-19)13-8(2)7-9(3)15(21)18(13)5/h7H,6H2,1-5H3. The van der Waals surface area contributed by atoms with Gasteiger partial charge in [0.15, 0.2) is 5.78 Å². The molecule has 6 heteroatoms. The summed E-state index contributed by atoms with van der Waals surface area (Å²) in [6.45, 7) is 7.55. The number of aryl methyl sites for hydroxylation is 3. The lowest BCUT2D eigenvalue weighted by Gasteiger charge is -2.11. The van der Waals surface area contributed by atoms with E-state index in [2.05, 4.69) is 5.10 Å². The van der Waals surface area contributed by atoms with Crippen LogP contribution in [0.15, 0.2) is 10.9 Å². The molecule has 0 atom stereocenters. The van der Waals surface area contributed by atoms with Gasteiger partial charge in [-0.1, -0.05) is 11.6 Å². The Morgan fingerprint density at radius 2 is 1.95 bits per heavy atom. The van der Waals surface area contributed by atoms with Crippen molar-refractivity contribution in [3.8, 4) is 11.4 Å². The summed E-state index contributed by atoms with van der Waals surface area (Å²) in [6.07, 6.45) is 0. The fraction of sp³-hybridized carbons (Fsp3) is 0.400.